The number of amides is 2. The van der Waals surface area contributed by atoms with Gasteiger partial charge in [-0.3, -0.25) is 9.59 Å². The number of nitrogens with one attached hydrogen (secondary N) is 2. The molecular weight excluding hydrogens is 502 g/mol. The highest BCUT2D eigenvalue weighted by molar-refractivity contribution is 14.1. The van der Waals surface area contributed by atoms with E-state index in [-0.39, 0.29) is 16.7 Å². The molecule has 4 nitrogen and oxygen atoms in total. The van der Waals surface area contributed by atoms with E-state index in [2.05, 4.69) is 33.2 Å². The molecule has 3 aromatic carbocycles. The maximum Gasteiger partial charge on any atom is 0.258 e. The maximum absolute atomic E-state index is 13.7. The summed E-state index contributed by atoms with van der Waals surface area (Å²) in [7, 11) is 0. The number of hydrogen-bond donors (Lipinski definition) is 2. The first-order valence-corrected chi connectivity index (χ1v) is 10.8. The molecule has 3 rings (SSSR count). The van der Waals surface area contributed by atoms with E-state index < -0.39 is 11.7 Å². The minimum Gasteiger partial charge on any atom is -0.325 e. The van der Waals surface area contributed by atoms with Gasteiger partial charge in [0.2, 0.25) is 5.91 Å². The predicted molar refractivity (Wildman–Crippen MR) is 124 cm³/mol. The average molecular weight is 520 g/mol. The largest absolute Gasteiger partial charge is 0.325 e. The lowest BCUT2D eigenvalue weighted by Gasteiger charge is -2.13. The van der Waals surface area contributed by atoms with Crippen LogP contribution >= 0.6 is 34.4 Å². The van der Waals surface area contributed by atoms with Gasteiger partial charge < -0.3 is 10.6 Å². The molecule has 1 unspecified atom stereocenters. The van der Waals surface area contributed by atoms with Crippen LogP contribution in [0, 0.1) is 9.39 Å². The molecule has 2 N–H and O–H groups in total. The van der Waals surface area contributed by atoms with Crippen LogP contribution < -0.4 is 10.6 Å². The van der Waals surface area contributed by atoms with E-state index in [9.17, 15) is 14.0 Å². The SMILES string of the molecule is CC(Sc1ccc(NC(=O)c2ccccc2F)cc1)C(=O)Nc1ccc(I)cc1. The van der Waals surface area contributed by atoms with E-state index >= 15 is 0 Å². The standard InChI is InChI=1S/C22H18FIN2O2S/c1-14(21(27)25-16-8-6-15(24)7-9-16)29-18-12-10-17(11-13-18)26-22(28)19-4-2-3-5-20(19)23/h2-14H,1H3,(H,25,27)(H,26,28). The van der Waals surface area contributed by atoms with Crippen molar-refractivity contribution in [3.63, 3.8) is 0 Å². The highest BCUT2D eigenvalue weighted by atomic mass is 127. The predicted octanol–water partition coefficient (Wildman–Crippen LogP) is 5.80. The van der Waals surface area contributed by atoms with E-state index in [4.69, 9.17) is 0 Å². The molecule has 1 atom stereocenters. The molecule has 0 saturated heterocycles. The fraction of sp³-hybridized carbons (Fsp3) is 0.0909. The molecule has 7 heteroatoms. The van der Waals surface area contributed by atoms with Gasteiger partial charge in [-0.05, 0) is 90.2 Å². The van der Waals surface area contributed by atoms with Gasteiger partial charge in [0.25, 0.3) is 5.91 Å². The summed E-state index contributed by atoms with van der Waals surface area (Å²) in [5, 5.41) is 5.27. The Morgan fingerprint density at radius 3 is 2.14 bits per heavy atom. The molecule has 0 aliphatic carbocycles. The Labute approximate surface area is 186 Å². The third kappa shape index (κ3) is 6.04. The Morgan fingerprint density at radius 1 is 0.897 bits per heavy atom. The first-order valence-electron chi connectivity index (χ1n) is 8.81. The van der Waals surface area contributed by atoms with E-state index in [0.717, 1.165) is 14.2 Å². The highest BCUT2D eigenvalue weighted by Gasteiger charge is 2.15. The van der Waals surface area contributed by atoms with Crippen molar-refractivity contribution in [3.8, 4) is 0 Å². The Kier molecular flexibility index (Phi) is 7.27. The molecule has 0 fully saturated rings. The van der Waals surface area contributed by atoms with Gasteiger partial charge in [-0.15, -0.1) is 11.8 Å². The fourth-order valence-corrected chi connectivity index (χ4v) is 3.72. The van der Waals surface area contributed by atoms with Crippen molar-refractivity contribution >= 4 is 57.5 Å². The van der Waals surface area contributed by atoms with E-state index in [1.807, 2.05) is 43.3 Å². The first kappa shape index (κ1) is 21.3. The maximum atomic E-state index is 13.7. The van der Waals surface area contributed by atoms with Gasteiger partial charge in [0.15, 0.2) is 0 Å². The normalized spacial score (nSPS) is 11.6. The Morgan fingerprint density at radius 2 is 1.48 bits per heavy atom. The minimum absolute atomic E-state index is 0.00755. The number of rotatable bonds is 6. The summed E-state index contributed by atoms with van der Waals surface area (Å²) < 4.78 is 14.8. The zero-order valence-electron chi connectivity index (χ0n) is 15.5. The van der Waals surface area contributed by atoms with Crippen molar-refractivity contribution in [2.75, 3.05) is 10.6 Å². The lowest BCUT2D eigenvalue weighted by atomic mass is 10.2. The Hall–Kier alpha value is -2.39. The van der Waals surface area contributed by atoms with E-state index in [0.29, 0.717) is 5.69 Å². The molecule has 0 saturated carbocycles. The third-order valence-electron chi connectivity index (χ3n) is 4.02. The van der Waals surface area contributed by atoms with Gasteiger partial charge in [-0.1, -0.05) is 12.1 Å². The summed E-state index contributed by atoms with van der Waals surface area (Å²) in [6.45, 7) is 1.83. The van der Waals surface area contributed by atoms with Gasteiger partial charge in [0, 0.05) is 19.8 Å². The molecule has 148 valence electrons. The van der Waals surface area contributed by atoms with Crippen molar-refractivity contribution in [2.45, 2.75) is 17.1 Å². The van der Waals surface area contributed by atoms with Gasteiger partial charge in [-0.2, -0.15) is 0 Å². The molecule has 0 spiro atoms. The molecule has 3 aromatic rings. The van der Waals surface area contributed by atoms with Crippen molar-refractivity contribution in [1.82, 2.24) is 0 Å². The van der Waals surface area contributed by atoms with E-state index in [1.165, 1.54) is 30.0 Å². The van der Waals surface area contributed by atoms with Crippen LogP contribution in [0.15, 0.2) is 77.7 Å². The lowest BCUT2D eigenvalue weighted by molar-refractivity contribution is -0.115. The molecule has 2 amide bonds. The summed E-state index contributed by atoms with van der Waals surface area (Å²) >= 11 is 3.63. The fourth-order valence-electron chi connectivity index (χ4n) is 2.50. The number of thioether (sulfide) groups is 1. The molecule has 0 radical (unpaired) electrons. The van der Waals surface area contributed by atoms with Gasteiger partial charge >= 0.3 is 0 Å². The molecular formula is C22H18FIN2O2S. The van der Waals surface area contributed by atoms with Crippen LogP contribution in [-0.4, -0.2) is 17.1 Å². The summed E-state index contributed by atoms with van der Waals surface area (Å²) in [6.07, 6.45) is 0. The van der Waals surface area contributed by atoms with Crippen molar-refractivity contribution in [2.24, 2.45) is 0 Å². The average Bonchev–Trinajstić information content (AvgIpc) is 2.71. The molecule has 0 bridgehead atoms. The van der Waals surface area contributed by atoms with Crippen LogP contribution in [0.1, 0.15) is 17.3 Å². The monoisotopic (exact) mass is 520 g/mol. The third-order valence-corrected chi connectivity index (χ3v) is 5.86. The summed E-state index contributed by atoms with van der Waals surface area (Å²) in [6, 6.07) is 20.5. The highest BCUT2D eigenvalue weighted by Crippen LogP contribution is 2.26. The molecule has 0 heterocycles. The second-order valence-corrected chi connectivity index (χ2v) is 8.87. The number of halogens is 2. The molecule has 0 aliphatic heterocycles. The van der Waals surface area contributed by atoms with Crippen molar-refractivity contribution in [3.05, 3.63) is 87.7 Å². The second kappa shape index (κ2) is 9.89. The van der Waals surface area contributed by atoms with Gasteiger partial charge in [0.05, 0.1) is 10.8 Å². The number of carbonyl (C=O) groups is 2. The van der Waals surface area contributed by atoms with Gasteiger partial charge in [0.1, 0.15) is 5.82 Å². The summed E-state index contributed by atoms with van der Waals surface area (Å²) in [5.41, 5.74) is 1.31. The Bertz CT molecular complexity index is 1010. The van der Waals surface area contributed by atoms with Crippen LogP contribution in [0.25, 0.3) is 0 Å². The zero-order chi connectivity index (χ0) is 20.8. The Balaban J connectivity index is 1.57. The zero-order valence-corrected chi connectivity index (χ0v) is 18.5. The minimum atomic E-state index is -0.565. The molecule has 0 aromatic heterocycles. The van der Waals surface area contributed by atoms with Gasteiger partial charge in [-0.25, -0.2) is 4.39 Å². The van der Waals surface area contributed by atoms with Crippen LogP contribution in [0.4, 0.5) is 15.8 Å². The lowest BCUT2D eigenvalue weighted by Crippen LogP contribution is -2.22. The second-order valence-electron chi connectivity index (χ2n) is 6.21. The van der Waals surface area contributed by atoms with Crippen molar-refractivity contribution in [1.29, 1.82) is 0 Å². The van der Waals surface area contributed by atoms with Crippen LogP contribution in [0.5, 0.6) is 0 Å². The molecule has 29 heavy (non-hydrogen) atoms. The van der Waals surface area contributed by atoms with Crippen LogP contribution in [-0.2, 0) is 4.79 Å². The topological polar surface area (TPSA) is 58.2 Å². The molecule has 0 aliphatic rings. The number of hydrogen-bond acceptors (Lipinski definition) is 3. The van der Waals surface area contributed by atoms with E-state index in [1.54, 1.807) is 18.2 Å². The quantitative estimate of drug-likeness (QED) is 0.319. The summed E-state index contributed by atoms with van der Waals surface area (Å²) in [4.78, 5) is 25.4. The first-order chi connectivity index (χ1) is 13.9. The number of benzene rings is 3. The van der Waals surface area contributed by atoms with Crippen LogP contribution in [0.3, 0.4) is 0 Å². The van der Waals surface area contributed by atoms with Crippen molar-refractivity contribution < 1.29 is 14.0 Å². The smallest absolute Gasteiger partial charge is 0.258 e. The number of carbonyl (C=O) groups excluding carboxylic acids is 2. The number of anilines is 2. The summed E-state index contributed by atoms with van der Waals surface area (Å²) in [5.74, 6) is -1.16. The van der Waals surface area contributed by atoms with Crippen LogP contribution in [0.2, 0.25) is 0 Å².